The molecule has 1 aliphatic rings. The number of aliphatic hydroxyl groups is 1. The van der Waals surface area contributed by atoms with Crippen molar-refractivity contribution in [1.29, 1.82) is 0 Å². The number of oxime groups is 1. The van der Waals surface area contributed by atoms with E-state index < -0.39 is 21.9 Å². The molecule has 0 aromatic heterocycles. The zero-order chi connectivity index (χ0) is 26.7. The second-order valence-electron chi connectivity index (χ2n) is 8.67. The second kappa shape index (κ2) is 10.6. The van der Waals surface area contributed by atoms with E-state index in [4.69, 9.17) is 9.57 Å². The molecule has 0 unspecified atom stereocenters. The molecule has 0 aliphatic heterocycles. The van der Waals surface area contributed by atoms with Gasteiger partial charge in [0, 0.05) is 11.1 Å². The monoisotopic (exact) mass is 532 g/mol. The molecule has 194 valence electrons. The molecule has 0 saturated heterocycles. The average molecular weight is 533 g/mol. The van der Waals surface area contributed by atoms with Gasteiger partial charge in [-0.25, -0.2) is 12.8 Å². The van der Waals surface area contributed by atoms with Gasteiger partial charge in [-0.2, -0.15) is 0 Å². The minimum atomic E-state index is -4.13. The summed E-state index contributed by atoms with van der Waals surface area (Å²) in [6, 6.07) is 26.6. The first-order valence-electron chi connectivity index (χ1n) is 11.9. The van der Waals surface area contributed by atoms with Gasteiger partial charge in [0.2, 0.25) is 0 Å². The predicted molar refractivity (Wildman–Crippen MR) is 143 cm³/mol. The van der Waals surface area contributed by atoms with Gasteiger partial charge in [-0.1, -0.05) is 53.7 Å². The lowest BCUT2D eigenvalue weighted by molar-refractivity contribution is 0.0456. The van der Waals surface area contributed by atoms with Crippen LogP contribution in [-0.2, 0) is 14.9 Å². The molecule has 0 saturated carbocycles. The number of ether oxygens (including phenoxy) is 1. The van der Waals surface area contributed by atoms with Crippen LogP contribution in [-0.4, -0.2) is 45.6 Å². The van der Waals surface area contributed by atoms with Crippen LogP contribution in [0.2, 0.25) is 0 Å². The first-order valence-corrected chi connectivity index (χ1v) is 13.3. The van der Waals surface area contributed by atoms with E-state index in [1.54, 1.807) is 24.3 Å². The Labute approximate surface area is 220 Å². The molecule has 1 atom stereocenters. The van der Waals surface area contributed by atoms with Crippen molar-refractivity contribution in [3.8, 4) is 16.9 Å². The van der Waals surface area contributed by atoms with Crippen LogP contribution in [0, 0.1) is 5.82 Å². The summed E-state index contributed by atoms with van der Waals surface area (Å²) in [6.45, 7) is -0.566. The largest absolute Gasteiger partial charge is 0.497 e. The summed E-state index contributed by atoms with van der Waals surface area (Å²) in [5, 5.41) is 15.1. The van der Waals surface area contributed by atoms with Gasteiger partial charge in [0.15, 0.2) is 0 Å². The number of anilines is 1. The Morgan fingerprint density at radius 1 is 0.842 bits per heavy atom. The standard InChI is InChI=1S/C29H25FN2O5S/c1-36-23-14-12-21(13-15-23)32(38(34,35)24-16-10-20(30)11-17-24)18-22(33)19-37-31-29-27-8-4-2-6-25(27)26-7-3-5-9-28(26)29/h2-17,22,33H,18-19H2,1H3/t22-/m0/s1. The van der Waals surface area contributed by atoms with E-state index in [1.807, 2.05) is 48.5 Å². The number of nitrogens with zero attached hydrogens (tertiary/aromatic N) is 2. The maximum absolute atomic E-state index is 13.5. The van der Waals surface area contributed by atoms with Crippen LogP contribution in [0.1, 0.15) is 11.1 Å². The summed E-state index contributed by atoms with van der Waals surface area (Å²) in [4.78, 5) is 5.44. The molecule has 0 radical (unpaired) electrons. The number of halogens is 1. The smallest absolute Gasteiger partial charge is 0.264 e. The summed E-state index contributed by atoms with van der Waals surface area (Å²) in [5.74, 6) is -0.00716. The Hall–Kier alpha value is -4.21. The first kappa shape index (κ1) is 25.4. The Balaban J connectivity index is 1.38. The van der Waals surface area contributed by atoms with Crippen molar-refractivity contribution in [3.63, 3.8) is 0 Å². The Bertz CT molecular complexity index is 1520. The van der Waals surface area contributed by atoms with E-state index in [9.17, 15) is 17.9 Å². The van der Waals surface area contributed by atoms with Crippen LogP contribution in [0.3, 0.4) is 0 Å². The Morgan fingerprint density at radius 2 is 1.39 bits per heavy atom. The molecule has 0 amide bonds. The lowest BCUT2D eigenvalue weighted by Crippen LogP contribution is -2.39. The summed E-state index contributed by atoms with van der Waals surface area (Å²) in [5.41, 5.74) is 4.88. The zero-order valence-electron chi connectivity index (χ0n) is 20.5. The molecule has 4 aromatic rings. The van der Waals surface area contributed by atoms with Gasteiger partial charge >= 0.3 is 0 Å². The summed E-state index contributed by atoms with van der Waals surface area (Å²) < 4.78 is 46.7. The number of sulfonamides is 1. The van der Waals surface area contributed by atoms with Crippen LogP contribution in [0.25, 0.3) is 11.1 Å². The van der Waals surface area contributed by atoms with Gasteiger partial charge in [0.25, 0.3) is 10.0 Å². The minimum absolute atomic E-state index is 0.109. The lowest BCUT2D eigenvalue weighted by Gasteiger charge is -2.26. The van der Waals surface area contributed by atoms with Crippen LogP contribution in [0.4, 0.5) is 10.1 Å². The van der Waals surface area contributed by atoms with Crippen molar-refractivity contribution in [1.82, 2.24) is 0 Å². The highest BCUT2D eigenvalue weighted by molar-refractivity contribution is 7.92. The van der Waals surface area contributed by atoms with Gasteiger partial charge in [-0.15, -0.1) is 0 Å². The number of rotatable bonds is 9. The van der Waals surface area contributed by atoms with Gasteiger partial charge in [-0.05, 0) is 59.7 Å². The van der Waals surface area contributed by atoms with E-state index >= 15 is 0 Å². The van der Waals surface area contributed by atoms with E-state index in [2.05, 4.69) is 5.16 Å². The fourth-order valence-corrected chi connectivity index (χ4v) is 5.85. The molecule has 5 rings (SSSR count). The van der Waals surface area contributed by atoms with Gasteiger partial charge in [0.05, 0.1) is 24.2 Å². The summed E-state index contributed by atoms with van der Waals surface area (Å²) >= 11 is 0. The molecule has 0 spiro atoms. The van der Waals surface area contributed by atoms with Gasteiger partial charge < -0.3 is 14.7 Å². The highest BCUT2D eigenvalue weighted by atomic mass is 32.2. The molecule has 4 aromatic carbocycles. The van der Waals surface area contributed by atoms with Crippen molar-refractivity contribution >= 4 is 21.4 Å². The fraction of sp³-hybridized carbons (Fsp3) is 0.138. The number of hydrogen-bond donors (Lipinski definition) is 1. The molecular weight excluding hydrogens is 507 g/mol. The molecule has 1 N–H and O–H groups in total. The minimum Gasteiger partial charge on any atom is -0.497 e. The third-order valence-corrected chi connectivity index (χ3v) is 8.02. The third kappa shape index (κ3) is 4.98. The van der Waals surface area contributed by atoms with Crippen LogP contribution in [0.15, 0.2) is 107 Å². The first-order chi connectivity index (χ1) is 18.4. The summed E-state index contributed by atoms with van der Waals surface area (Å²) in [6.07, 6.45) is -1.22. The SMILES string of the molecule is COc1ccc(N(C[C@H](O)CON=C2c3ccccc3-c3ccccc32)S(=O)(=O)c2ccc(F)cc2)cc1. The predicted octanol–water partition coefficient (Wildman–Crippen LogP) is 4.84. The molecule has 1 aliphatic carbocycles. The molecule has 7 nitrogen and oxygen atoms in total. The van der Waals surface area contributed by atoms with E-state index in [1.165, 1.54) is 19.2 Å². The second-order valence-corrected chi connectivity index (χ2v) is 10.5. The van der Waals surface area contributed by atoms with Crippen molar-refractivity contribution in [2.45, 2.75) is 11.0 Å². The number of aliphatic hydroxyl groups excluding tert-OH is 1. The molecule has 38 heavy (non-hydrogen) atoms. The third-order valence-electron chi connectivity index (χ3n) is 6.22. The van der Waals surface area contributed by atoms with Crippen molar-refractivity contribution in [2.75, 3.05) is 24.6 Å². The lowest BCUT2D eigenvalue weighted by atomic mass is 10.1. The van der Waals surface area contributed by atoms with Crippen LogP contribution >= 0.6 is 0 Å². The number of methoxy groups -OCH3 is 1. The zero-order valence-corrected chi connectivity index (χ0v) is 21.3. The van der Waals surface area contributed by atoms with Crippen molar-refractivity contribution in [3.05, 3.63) is 114 Å². The fourth-order valence-electron chi connectivity index (χ4n) is 4.35. The highest BCUT2D eigenvalue weighted by Gasteiger charge is 2.28. The molecular formula is C29H25FN2O5S. The van der Waals surface area contributed by atoms with Crippen molar-refractivity contribution in [2.24, 2.45) is 5.16 Å². The van der Waals surface area contributed by atoms with Gasteiger partial charge in [0.1, 0.15) is 30.0 Å². The molecule has 9 heteroatoms. The maximum atomic E-state index is 13.5. The van der Waals surface area contributed by atoms with Gasteiger partial charge in [-0.3, -0.25) is 4.31 Å². The van der Waals surface area contributed by atoms with Crippen molar-refractivity contribution < 1.29 is 27.5 Å². The Morgan fingerprint density at radius 3 is 1.95 bits per heavy atom. The molecule has 0 heterocycles. The van der Waals surface area contributed by atoms with E-state index in [0.717, 1.165) is 38.7 Å². The highest BCUT2D eigenvalue weighted by Crippen LogP contribution is 2.36. The normalized spacial score (nSPS) is 12.9. The molecule has 0 fully saturated rings. The molecule has 0 bridgehead atoms. The van der Waals surface area contributed by atoms with E-state index in [-0.39, 0.29) is 18.0 Å². The average Bonchev–Trinajstić information content (AvgIpc) is 3.26. The Kier molecular flexibility index (Phi) is 7.13. The van der Waals surface area contributed by atoms with E-state index in [0.29, 0.717) is 17.1 Å². The van der Waals surface area contributed by atoms with Crippen LogP contribution in [0.5, 0.6) is 5.75 Å². The summed E-state index contributed by atoms with van der Waals surface area (Å²) in [7, 11) is -2.63. The topological polar surface area (TPSA) is 88.4 Å². The number of benzene rings is 4. The van der Waals surface area contributed by atoms with Crippen LogP contribution < -0.4 is 9.04 Å². The quantitative estimate of drug-likeness (QED) is 0.275. The maximum Gasteiger partial charge on any atom is 0.264 e. The number of fused-ring (bicyclic) bond motifs is 3. The number of hydrogen-bond acceptors (Lipinski definition) is 6.